The number of aromatic nitrogens is 1. The van der Waals surface area contributed by atoms with E-state index in [1.807, 2.05) is 24.3 Å². The predicted molar refractivity (Wildman–Crippen MR) is 102 cm³/mol. The standard InChI is InChI=1S/C21H25F2N3O2/c1-28-18-8-3-2-6-16(18)14-26-12-9-15(10-13-26)19(25-21(27)20(22)23)17-7-4-5-11-24-17/h2-8,11,15,19-20H,9-10,12-14H2,1H3,(H,25,27). The van der Waals surface area contributed by atoms with Crippen molar-refractivity contribution in [2.75, 3.05) is 20.2 Å². The van der Waals surface area contributed by atoms with Crippen LogP contribution in [0.15, 0.2) is 48.7 Å². The molecule has 3 rings (SSSR count). The summed E-state index contributed by atoms with van der Waals surface area (Å²) in [7, 11) is 1.66. The Morgan fingerprint density at radius 1 is 1.21 bits per heavy atom. The van der Waals surface area contributed by atoms with E-state index in [1.165, 1.54) is 0 Å². The first-order chi connectivity index (χ1) is 13.6. The topological polar surface area (TPSA) is 54.5 Å². The van der Waals surface area contributed by atoms with Gasteiger partial charge in [0.25, 0.3) is 5.91 Å². The molecule has 1 saturated heterocycles. The van der Waals surface area contributed by atoms with E-state index in [4.69, 9.17) is 4.74 Å². The molecule has 0 saturated carbocycles. The van der Waals surface area contributed by atoms with E-state index in [-0.39, 0.29) is 5.92 Å². The molecule has 0 aliphatic carbocycles. The number of amides is 1. The number of methoxy groups -OCH3 is 1. The van der Waals surface area contributed by atoms with Gasteiger partial charge < -0.3 is 10.1 Å². The van der Waals surface area contributed by atoms with E-state index in [0.717, 1.165) is 43.8 Å². The van der Waals surface area contributed by atoms with Gasteiger partial charge in [0.1, 0.15) is 5.75 Å². The zero-order chi connectivity index (χ0) is 19.9. The highest BCUT2D eigenvalue weighted by Gasteiger charge is 2.31. The van der Waals surface area contributed by atoms with Gasteiger partial charge in [0.2, 0.25) is 0 Å². The lowest BCUT2D eigenvalue weighted by molar-refractivity contribution is -0.133. The van der Waals surface area contributed by atoms with Gasteiger partial charge in [-0.05, 0) is 50.0 Å². The van der Waals surface area contributed by atoms with Crippen molar-refractivity contribution in [3.8, 4) is 5.75 Å². The molecule has 1 aromatic heterocycles. The summed E-state index contributed by atoms with van der Waals surface area (Å²) in [5.41, 5.74) is 1.75. The summed E-state index contributed by atoms with van der Waals surface area (Å²) in [6, 6.07) is 12.8. The molecule has 1 aliphatic rings. The smallest absolute Gasteiger partial charge is 0.315 e. The molecule has 0 radical (unpaired) electrons. The number of alkyl halides is 2. The maximum atomic E-state index is 12.8. The Morgan fingerprint density at radius 3 is 2.57 bits per heavy atom. The van der Waals surface area contributed by atoms with E-state index >= 15 is 0 Å². The first kappa shape index (κ1) is 20.2. The number of nitrogens with one attached hydrogen (secondary N) is 1. The Kier molecular flexibility index (Phi) is 6.92. The van der Waals surface area contributed by atoms with Crippen molar-refractivity contribution >= 4 is 5.91 Å². The van der Waals surface area contributed by atoms with Crippen molar-refractivity contribution in [2.24, 2.45) is 5.92 Å². The number of hydrogen-bond donors (Lipinski definition) is 1. The summed E-state index contributed by atoms with van der Waals surface area (Å²) in [5.74, 6) is -0.321. The summed E-state index contributed by atoms with van der Waals surface area (Å²) >= 11 is 0. The largest absolute Gasteiger partial charge is 0.496 e. The summed E-state index contributed by atoms with van der Waals surface area (Å²) < 4.78 is 31.0. The molecule has 1 unspecified atom stereocenters. The van der Waals surface area contributed by atoms with Gasteiger partial charge in [-0.1, -0.05) is 24.3 Å². The van der Waals surface area contributed by atoms with Crippen molar-refractivity contribution in [1.82, 2.24) is 15.2 Å². The average Bonchev–Trinajstić information content (AvgIpc) is 2.73. The van der Waals surface area contributed by atoms with Crippen LogP contribution in [0.5, 0.6) is 5.75 Å². The fraction of sp³-hybridized carbons (Fsp3) is 0.429. The van der Waals surface area contributed by atoms with Gasteiger partial charge >= 0.3 is 6.43 Å². The summed E-state index contributed by atoms with van der Waals surface area (Å²) in [4.78, 5) is 18.2. The first-order valence-corrected chi connectivity index (χ1v) is 9.42. The van der Waals surface area contributed by atoms with E-state index in [2.05, 4.69) is 15.2 Å². The van der Waals surface area contributed by atoms with Crippen molar-refractivity contribution in [3.05, 3.63) is 59.9 Å². The normalized spacial score (nSPS) is 16.7. The van der Waals surface area contributed by atoms with Crippen LogP contribution >= 0.6 is 0 Å². The van der Waals surface area contributed by atoms with Crippen LogP contribution in [0.1, 0.15) is 30.1 Å². The number of likely N-dealkylation sites (tertiary alicyclic amines) is 1. The minimum atomic E-state index is -3.03. The second-order valence-electron chi connectivity index (χ2n) is 6.97. The molecule has 2 heterocycles. The Balaban J connectivity index is 1.65. The summed E-state index contributed by atoms with van der Waals surface area (Å²) in [5, 5.41) is 2.50. The fourth-order valence-corrected chi connectivity index (χ4v) is 3.73. The van der Waals surface area contributed by atoms with E-state index in [9.17, 15) is 13.6 Å². The van der Waals surface area contributed by atoms with Crippen LogP contribution in [0.2, 0.25) is 0 Å². The second kappa shape index (κ2) is 9.59. The SMILES string of the molecule is COc1ccccc1CN1CCC(C(NC(=O)C(F)F)c2ccccn2)CC1. The molecule has 5 nitrogen and oxygen atoms in total. The maximum absolute atomic E-state index is 12.8. The molecular weight excluding hydrogens is 364 g/mol. The highest BCUT2D eigenvalue weighted by molar-refractivity contribution is 5.79. The van der Waals surface area contributed by atoms with Gasteiger partial charge in [0, 0.05) is 18.3 Å². The molecule has 0 spiro atoms. The number of nitrogens with zero attached hydrogens (tertiary/aromatic N) is 2. The number of hydrogen-bond acceptors (Lipinski definition) is 4. The molecule has 1 atom stereocenters. The molecule has 1 amide bonds. The number of ether oxygens (including phenoxy) is 1. The Hall–Kier alpha value is -2.54. The summed E-state index contributed by atoms with van der Waals surface area (Å²) in [6.45, 7) is 2.40. The molecular formula is C21H25F2N3O2. The van der Waals surface area contributed by atoms with Crippen molar-refractivity contribution in [1.29, 1.82) is 0 Å². The van der Waals surface area contributed by atoms with Crippen LogP contribution in [0.4, 0.5) is 8.78 Å². The Bertz CT molecular complexity index is 765. The zero-order valence-corrected chi connectivity index (χ0v) is 15.9. The van der Waals surface area contributed by atoms with Crippen LogP contribution in [0, 0.1) is 5.92 Å². The van der Waals surface area contributed by atoms with E-state index in [1.54, 1.807) is 31.5 Å². The molecule has 1 aliphatic heterocycles. The van der Waals surface area contributed by atoms with Gasteiger partial charge in [-0.2, -0.15) is 8.78 Å². The Morgan fingerprint density at radius 2 is 1.93 bits per heavy atom. The van der Waals surface area contributed by atoms with Crippen LogP contribution in [0.25, 0.3) is 0 Å². The average molecular weight is 389 g/mol. The number of carbonyl (C=O) groups excluding carboxylic acids is 1. The molecule has 1 fully saturated rings. The number of pyridine rings is 1. The quantitative estimate of drug-likeness (QED) is 0.788. The number of benzene rings is 1. The number of para-hydroxylation sites is 1. The van der Waals surface area contributed by atoms with Crippen LogP contribution in [0.3, 0.4) is 0 Å². The first-order valence-electron chi connectivity index (χ1n) is 9.42. The highest BCUT2D eigenvalue weighted by atomic mass is 19.3. The van der Waals surface area contributed by atoms with Gasteiger partial charge in [-0.25, -0.2) is 0 Å². The van der Waals surface area contributed by atoms with Gasteiger partial charge in [0.05, 0.1) is 18.8 Å². The van der Waals surface area contributed by atoms with Gasteiger partial charge in [0.15, 0.2) is 0 Å². The number of piperidine rings is 1. The van der Waals surface area contributed by atoms with Crippen molar-refractivity contribution in [3.63, 3.8) is 0 Å². The molecule has 7 heteroatoms. The third kappa shape index (κ3) is 5.04. The lowest BCUT2D eigenvalue weighted by Crippen LogP contribution is -2.42. The molecule has 1 N–H and O–H groups in total. The molecule has 1 aromatic carbocycles. The molecule has 2 aromatic rings. The van der Waals surface area contributed by atoms with Crippen LogP contribution < -0.4 is 10.1 Å². The van der Waals surface area contributed by atoms with Gasteiger partial charge in [-0.15, -0.1) is 0 Å². The molecule has 0 bridgehead atoms. The van der Waals surface area contributed by atoms with Crippen molar-refractivity contribution in [2.45, 2.75) is 31.9 Å². The predicted octanol–water partition coefficient (Wildman–Crippen LogP) is 3.42. The zero-order valence-electron chi connectivity index (χ0n) is 15.9. The number of halogens is 2. The highest BCUT2D eigenvalue weighted by Crippen LogP contribution is 2.31. The molecule has 28 heavy (non-hydrogen) atoms. The van der Waals surface area contributed by atoms with Crippen LogP contribution in [-0.2, 0) is 11.3 Å². The summed E-state index contributed by atoms with van der Waals surface area (Å²) in [6.07, 6.45) is 0.171. The second-order valence-corrected chi connectivity index (χ2v) is 6.97. The van der Waals surface area contributed by atoms with Crippen LogP contribution in [-0.4, -0.2) is 42.4 Å². The third-order valence-electron chi connectivity index (χ3n) is 5.19. The fourth-order valence-electron chi connectivity index (χ4n) is 3.73. The van der Waals surface area contributed by atoms with Gasteiger partial charge in [-0.3, -0.25) is 14.7 Å². The van der Waals surface area contributed by atoms with Crippen molar-refractivity contribution < 1.29 is 18.3 Å². The monoisotopic (exact) mass is 389 g/mol. The number of rotatable bonds is 7. The Labute approximate surface area is 163 Å². The third-order valence-corrected chi connectivity index (χ3v) is 5.19. The minimum absolute atomic E-state index is 0.0616. The lowest BCUT2D eigenvalue weighted by Gasteiger charge is -2.36. The lowest BCUT2D eigenvalue weighted by atomic mass is 9.87. The van der Waals surface area contributed by atoms with E-state index < -0.39 is 18.4 Å². The van der Waals surface area contributed by atoms with E-state index in [0.29, 0.717) is 5.69 Å². The maximum Gasteiger partial charge on any atom is 0.315 e. The molecule has 150 valence electrons. The minimum Gasteiger partial charge on any atom is -0.496 e. The number of carbonyl (C=O) groups is 1.